The molecule has 10 heavy (non-hydrogen) atoms. The molecular formula is C4H10O4P2+2. The van der Waals surface area contributed by atoms with Crippen LogP contribution in [-0.2, 0) is 18.2 Å². The molecule has 0 spiro atoms. The SMILES string of the molecule is O=[PH+]OCCCCO[PH+]=O. The maximum atomic E-state index is 9.74. The standard InChI is InChI=1S/C4H10O4P2/c5-9-7-3-1-2-4-8-10-6/h9-10H,1-4H2/q+2. The molecule has 0 bridgehead atoms. The molecule has 0 aromatic rings. The molecule has 58 valence electrons. The second kappa shape index (κ2) is 9.12. The third-order valence-electron chi connectivity index (χ3n) is 0.861. The van der Waals surface area contributed by atoms with E-state index in [9.17, 15) is 9.13 Å². The monoisotopic (exact) mass is 184 g/mol. The van der Waals surface area contributed by atoms with Crippen molar-refractivity contribution in [2.24, 2.45) is 0 Å². The van der Waals surface area contributed by atoms with Crippen molar-refractivity contribution < 1.29 is 18.2 Å². The van der Waals surface area contributed by atoms with E-state index in [2.05, 4.69) is 9.05 Å². The van der Waals surface area contributed by atoms with E-state index in [1.165, 1.54) is 0 Å². The minimum absolute atomic E-state index is 0.479. The van der Waals surface area contributed by atoms with Crippen LogP contribution in [0.4, 0.5) is 0 Å². The Kier molecular flexibility index (Phi) is 9.23. The van der Waals surface area contributed by atoms with E-state index in [1.807, 2.05) is 0 Å². The van der Waals surface area contributed by atoms with Gasteiger partial charge in [0.05, 0.1) is 0 Å². The molecule has 2 unspecified atom stereocenters. The third-order valence-corrected chi connectivity index (χ3v) is 1.50. The molecular weight excluding hydrogens is 174 g/mol. The van der Waals surface area contributed by atoms with Gasteiger partial charge in [0.1, 0.15) is 13.2 Å². The fourth-order valence-electron chi connectivity index (χ4n) is 0.432. The lowest BCUT2D eigenvalue weighted by Crippen LogP contribution is -1.88. The summed E-state index contributed by atoms with van der Waals surface area (Å²) in [6.07, 6.45) is 1.58. The Bertz CT molecular complexity index is 85.3. The van der Waals surface area contributed by atoms with Gasteiger partial charge in [-0.15, -0.1) is 9.05 Å². The maximum absolute atomic E-state index is 9.74. The van der Waals surface area contributed by atoms with E-state index >= 15 is 0 Å². The Morgan fingerprint density at radius 1 is 0.900 bits per heavy atom. The molecule has 0 aromatic heterocycles. The lowest BCUT2D eigenvalue weighted by molar-refractivity contribution is 0.290. The van der Waals surface area contributed by atoms with Crippen molar-refractivity contribution in [3.8, 4) is 0 Å². The van der Waals surface area contributed by atoms with Crippen LogP contribution >= 0.6 is 17.4 Å². The molecule has 0 aliphatic carbocycles. The van der Waals surface area contributed by atoms with Gasteiger partial charge in [0.15, 0.2) is 0 Å². The molecule has 0 aliphatic heterocycles. The van der Waals surface area contributed by atoms with Crippen LogP contribution in [0.3, 0.4) is 0 Å². The van der Waals surface area contributed by atoms with Gasteiger partial charge in [-0.3, -0.25) is 0 Å². The van der Waals surface area contributed by atoms with Crippen molar-refractivity contribution in [2.75, 3.05) is 13.2 Å². The molecule has 0 fully saturated rings. The van der Waals surface area contributed by atoms with Gasteiger partial charge in [-0.25, -0.2) is 0 Å². The average Bonchev–Trinajstić information content (AvgIpc) is 1.97. The summed E-state index contributed by atoms with van der Waals surface area (Å²) in [6, 6.07) is 0. The minimum Gasteiger partial charge on any atom is -0.148 e. The number of unbranched alkanes of at least 4 members (excludes halogenated alkanes) is 1. The zero-order chi connectivity index (χ0) is 7.66. The normalized spacial score (nSPS) is 10.8. The van der Waals surface area contributed by atoms with Crippen LogP contribution < -0.4 is 0 Å². The van der Waals surface area contributed by atoms with Crippen molar-refractivity contribution in [2.45, 2.75) is 12.8 Å². The second-order valence-corrected chi connectivity index (χ2v) is 2.48. The van der Waals surface area contributed by atoms with Crippen LogP contribution in [0.2, 0.25) is 0 Å². The first-order valence-corrected chi connectivity index (χ1v) is 4.53. The predicted octanol–water partition coefficient (Wildman–Crippen LogP) is 1.68. The van der Waals surface area contributed by atoms with E-state index in [0.29, 0.717) is 13.2 Å². The lowest BCUT2D eigenvalue weighted by atomic mass is 10.3. The second-order valence-electron chi connectivity index (χ2n) is 1.57. The summed E-state index contributed by atoms with van der Waals surface area (Å²) < 4.78 is 28.6. The van der Waals surface area contributed by atoms with Gasteiger partial charge in [0.2, 0.25) is 0 Å². The maximum Gasteiger partial charge on any atom is 0.494 e. The highest BCUT2D eigenvalue weighted by atomic mass is 31.1. The van der Waals surface area contributed by atoms with E-state index in [0.717, 1.165) is 12.8 Å². The highest BCUT2D eigenvalue weighted by Crippen LogP contribution is 2.01. The molecule has 0 saturated heterocycles. The Balaban J connectivity index is 2.76. The Hall–Kier alpha value is 0.120. The molecule has 0 aromatic carbocycles. The van der Waals surface area contributed by atoms with Crippen LogP contribution in [0, 0.1) is 0 Å². The summed E-state index contributed by atoms with van der Waals surface area (Å²) >= 11 is 0. The third kappa shape index (κ3) is 8.12. The number of hydrogen-bond donors (Lipinski definition) is 0. The minimum atomic E-state index is -0.681. The molecule has 0 radical (unpaired) electrons. The van der Waals surface area contributed by atoms with Crippen molar-refractivity contribution in [3.63, 3.8) is 0 Å². The quantitative estimate of drug-likeness (QED) is 0.446. The zero-order valence-electron chi connectivity index (χ0n) is 5.46. The van der Waals surface area contributed by atoms with Gasteiger partial charge < -0.3 is 0 Å². The Morgan fingerprint density at radius 3 is 1.60 bits per heavy atom. The number of rotatable bonds is 7. The van der Waals surface area contributed by atoms with Crippen LogP contribution in [0.15, 0.2) is 0 Å². The fraction of sp³-hybridized carbons (Fsp3) is 1.00. The lowest BCUT2D eigenvalue weighted by Gasteiger charge is -1.87. The predicted molar refractivity (Wildman–Crippen MR) is 39.1 cm³/mol. The summed E-state index contributed by atoms with van der Waals surface area (Å²) in [5, 5.41) is 0. The Labute approximate surface area is 62.5 Å². The van der Waals surface area contributed by atoms with Crippen molar-refractivity contribution >= 4 is 17.4 Å². The van der Waals surface area contributed by atoms with Crippen molar-refractivity contribution in [3.05, 3.63) is 0 Å². The largest absolute Gasteiger partial charge is 0.494 e. The molecule has 2 atom stereocenters. The van der Waals surface area contributed by atoms with E-state index in [-0.39, 0.29) is 0 Å². The van der Waals surface area contributed by atoms with Gasteiger partial charge in [-0.2, -0.15) is 0 Å². The Morgan fingerprint density at radius 2 is 1.30 bits per heavy atom. The van der Waals surface area contributed by atoms with E-state index < -0.39 is 17.4 Å². The molecule has 6 heteroatoms. The first-order valence-electron chi connectivity index (χ1n) is 2.89. The van der Waals surface area contributed by atoms with E-state index in [1.54, 1.807) is 0 Å². The fourth-order valence-corrected chi connectivity index (χ4v) is 0.887. The molecule has 0 saturated carbocycles. The van der Waals surface area contributed by atoms with Crippen LogP contribution in [0.1, 0.15) is 12.8 Å². The summed E-state index contributed by atoms with van der Waals surface area (Å²) in [4.78, 5) is 0. The number of hydrogen-bond acceptors (Lipinski definition) is 4. The highest BCUT2D eigenvalue weighted by Gasteiger charge is 1.95. The summed E-state index contributed by atoms with van der Waals surface area (Å²) in [5.74, 6) is 0. The van der Waals surface area contributed by atoms with Gasteiger partial charge >= 0.3 is 17.4 Å². The zero-order valence-corrected chi connectivity index (χ0v) is 7.46. The first kappa shape index (κ1) is 10.1. The summed E-state index contributed by atoms with van der Waals surface area (Å²) in [7, 11) is -1.36. The van der Waals surface area contributed by atoms with E-state index in [4.69, 9.17) is 0 Å². The average molecular weight is 184 g/mol. The molecule has 0 N–H and O–H groups in total. The van der Waals surface area contributed by atoms with Crippen LogP contribution in [0.25, 0.3) is 0 Å². The van der Waals surface area contributed by atoms with Crippen LogP contribution in [0.5, 0.6) is 0 Å². The molecule has 0 rings (SSSR count). The molecule has 0 heterocycles. The highest BCUT2D eigenvalue weighted by molar-refractivity contribution is 7.17. The molecule has 4 nitrogen and oxygen atoms in total. The topological polar surface area (TPSA) is 52.6 Å². The van der Waals surface area contributed by atoms with Crippen molar-refractivity contribution in [1.29, 1.82) is 0 Å². The first-order chi connectivity index (χ1) is 4.91. The summed E-state index contributed by atoms with van der Waals surface area (Å²) in [6.45, 7) is 0.959. The molecule has 0 amide bonds. The molecule has 0 aliphatic rings. The van der Waals surface area contributed by atoms with Crippen molar-refractivity contribution in [1.82, 2.24) is 0 Å². The smallest absolute Gasteiger partial charge is 0.148 e. The van der Waals surface area contributed by atoms with Gasteiger partial charge in [0.25, 0.3) is 0 Å². The van der Waals surface area contributed by atoms with Crippen LogP contribution in [-0.4, -0.2) is 13.2 Å². The van der Waals surface area contributed by atoms with Gasteiger partial charge in [-0.05, 0) is 22.0 Å². The van der Waals surface area contributed by atoms with Gasteiger partial charge in [0, 0.05) is 0 Å². The van der Waals surface area contributed by atoms with Gasteiger partial charge in [-0.1, -0.05) is 0 Å². The summed E-state index contributed by atoms with van der Waals surface area (Å²) in [5.41, 5.74) is 0.